The number of piperidine rings is 1. The number of anilines is 1. The maximum atomic E-state index is 13.6. The Morgan fingerprint density at radius 2 is 1.59 bits per heavy atom. The number of fused-ring (bicyclic) bond motifs is 1. The third-order valence-electron chi connectivity index (χ3n) is 5.94. The molecule has 0 unspecified atom stereocenters. The molecular weight excluding hydrogens is 381 g/mol. The summed E-state index contributed by atoms with van der Waals surface area (Å²) in [6, 6.07) is 6.82. The number of carbonyl (C=O) groups excluding carboxylic acids is 1. The first-order chi connectivity index (χ1) is 13.9. The number of alkyl halides is 3. The van der Waals surface area contributed by atoms with Crippen molar-refractivity contribution in [2.75, 3.05) is 18.0 Å². The highest BCUT2D eigenvalue weighted by atomic mass is 19.4. The van der Waals surface area contributed by atoms with Gasteiger partial charge in [0.15, 0.2) is 11.5 Å². The summed E-state index contributed by atoms with van der Waals surface area (Å²) in [7, 11) is 0. The monoisotopic (exact) mass is 406 g/mol. The van der Waals surface area contributed by atoms with Crippen molar-refractivity contribution in [1.29, 1.82) is 0 Å². The van der Waals surface area contributed by atoms with Gasteiger partial charge in [-0.15, -0.1) is 0 Å². The zero-order valence-corrected chi connectivity index (χ0v) is 16.2. The second-order valence-corrected chi connectivity index (χ2v) is 7.99. The number of benzene rings is 1. The highest BCUT2D eigenvalue weighted by molar-refractivity contribution is 5.79. The molecule has 0 atom stereocenters. The molecule has 1 aromatic carbocycles. The molecule has 5 nitrogen and oxygen atoms in total. The van der Waals surface area contributed by atoms with Crippen molar-refractivity contribution in [3.05, 3.63) is 30.0 Å². The molecule has 1 saturated heterocycles. The van der Waals surface area contributed by atoms with Gasteiger partial charge in [0.25, 0.3) is 0 Å². The van der Waals surface area contributed by atoms with E-state index in [1.54, 1.807) is 23.1 Å². The van der Waals surface area contributed by atoms with Crippen LogP contribution in [0.15, 0.2) is 24.3 Å². The minimum atomic E-state index is -4.58. The van der Waals surface area contributed by atoms with Gasteiger partial charge in [-0.3, -0.25) is 4.79 Å². The molecule has 4 rings (SSSR count). The summed E-state index contributed by atoms with van der Waals surface area (Å²) >= 11 is 0. The molecule has 1 saturated carbocycles. The van der Waals surface area contributed by atoms with Gasteiger partial charge >= 0.3 is 6.18 Å². The Labute approximate surface area is 167 Å². The average Bonchev–Trinajstić information content (AvgIpc) is 2.73. The maximum absolute atomic E-state index is 13.6. The van der Waals surface area contributed by atoms with E-state index in [0.29, 0.717) is 31.4 Å². The summed E-state index contributed by atoms with van der Waals surface area (Å²) in [4.78, 5) is 22.3. The van der Waals surface area contributed by atoms with Crippen LogP contribution in [0.5, 0.6) is 0 Å². The Morgan fingerprint density at radius 3 is 2.21 bits per heavy atom. The summed E-state index contributed by atoms with van der Waals surface area (Å²) < 4.78 is 40.8. The van der Waals surface area contributed by atoms with E-state index in [0.717, 1.165) is 25.7 Å². The number of hydrogen-bond acceptors (Lipinski definition) is 4. The first kappa shape index (κ1) is 19.9. The van der Waals surface area contributed by atoms with Crippen LogP contribution in [0.25, 0.3) is 11.0 Å². The molecular formula is C21H25F3N4O. The van der Waals surface area contributed by atoms with Gasteiger partial charge in [0, 0.05) is 25.0 Å². The van der Waals surface area contributed by atoms with Gasteiger partial charge in [-0.2, -0.15) is 13.2 Å². The topological polar surface area (TPSA) is 58.1 Å². The highest BCUT2D eigenvalue weighted by Gasteiger charge is 2.39. The maximum Gasteiger partial charge on any atom is 0.437 e. The summed E-state index contributed by atoms with van der Waals surface area (Å²) in [6.07, 6.45) is 2.00. The molecule has 0 spiro atoms. The fourth-order valence-corrected chi connectivity index (χ4v) is 4.32. The molecule has 156 valence electrons. The fraction of sp³-hybridized carbons (Fsp3) is 0.571. The Kier molecular flexibility index (Phi) is 5.61. The van der Waals surface area contributed by atoms with Crippen LogP contribution in [0.2, 0.25) is 0 Å². The minimum Gasteiger partial charge on any atom is -0.355 e. The third-order valence-corrected chi connectivity index (χ3v) is 5.94. The van der Waals surface area contributed by atoms with Crippen LogP contribution < -0.4 is 10.2 Å². The van der Waals surface area contributed by atoms with E-state index < -0.39 is 11.9 Å². The lowest BCUT2D eigenvalue weighted by Crippen LogP contribution is -2.45. The lowest BCUT2D eigenvalue weighted by Gasteiger charge is -2.34. The predicted octanol–water partition coefficient (Wildman–Crippen LogP) is 4.31. The molecule has 2 aliphatic rings. The molecule has 1 aliphatic carbocycles. The molecule has 8 heteroatoms. The predicted molar refractivity (Wildman–Crippen MR) is 104 cm³/mol. The summed E-state index contributed by atoms with van der Waals surface area (Å²) in [5.74, 6) is -0.254. The number of nitrogens with zero attached hydrogens (tertiary/aromatic N) is 3. The van der Waals surface area contributed by atoms with Crippen LogP contribution in [0.3, 0.4) is 0 Å². The van der Waals surface area contributed by atoms with Crippen molar-refractivity contribution < 1.29 is 18.0 Å². The standard InChI is InChI=1S/C21H25F3N4O/c22-21(23,24)18-19(27-17-9-5-4-8-16(17)26-18)28-12-10-14(11-13-28)20(29)25-15-6-2-1-3-7-15/h4-5,8-9,14-15H,1-3,6-7,10-13H2,(H,25,29). The average molecular weight is 406 g/mol. The second kappa shape index (κ2) is 8.16. The van der Waals surface area contributed by atoms with Crippen molar-refractivity contribution in [3.63, 3.8) is 0 Å². The smallest absolute Gasteiger partial charge is 0.355 e. The summed E-state index contributed by atoms with van der Waals surface area (Å²) in [5.41, 5.74) is -0.292. The Balaban J connectivity index is 1.47. The fourth-order valence-electron chi connectivity index (χ4n) is 4.32. The van der Waals surface area contributed by atoms with E-state index in [4.69, 9.17) is 0 Å². The van der Waals surface area contributed by atoms with Gasteiger partial charge in [-0.25, -0.2) is 9.97 Å². The lowest BCUT2D eigenvalue weighted by molar-refractivity contribution is -0.140. The number of carbonyl (C=O) groups is 1. The molecule has 2 fully saturated rings. The van der Waals surface area contributed by atoms with Crippen LogP contribution in [-0.2, 0) is 11.0 Å². The van der Waals surface area contributed by atoms with Gasteiger partial charge in [-0.1, -0.05) is 31.4 Å². The van der Waals surface area contributed by atoms with Crippen LogP contribution >= 0.6 is 0 Å². The van der Waals surface area contributed by atoms with Crippen LogP contribution in [0.4, 0.5) is 19.0 Å². The molecule has 0 radical (unpaired) electrons. The Morgan fingerprint density at radius 1 is 0.966 bits per heavy atom. The molecule has 1 amide bonds. The first-order valence-corrected chi connectivity index (χ1v) is 10.3. The van der Waals surface area contributed by atoms with Crippen molar-refractivity contribution in [3.8, 4) is 0 Å². The molecule has 2 heterocycles. The van der Waals surface area contributed by atoms with Crippen molar-refractivity contribution in [1.82, 2.24) is 15.3 Å². The van der Waals surface area contributed by atoms with Crippen molar-refractivity contribution in [2.24, 2.45) is 5.92 Å². The van der Waals surface area contributed by atoms with E-state index in [1.165, 1.54) is 12.5 Å². The molecule has 0 bridgehead atoms. The van der Waals surface area contributed by atoms with Gasteiger partial charge in [0.05, 0.1) is 11.0 Å². The van der Waals surface area contributed by atoms with E-state index >= 15 is 0 Å². The molecule has 1 N–H and O–H groups in total. The third kappa shape index (κ3) is 4.46. The molecule has 29 heavy (non-hydrogen) atoms. The van der Waals surface area contributed by atoms with E-state index in [9.17, 15) is 18.0 Å². The van der Waals surface area contributed by atoms with Crippen molar-refractivity contribution in [2.45, 2.75) is 57.2 Å². The van der Waals surface area contributed by atoms with Gasteiger partial charge in [0.2, 0.25) is 5.91 Å². The zero-order chi connectivity index (χ0) is 20.4. The molecule has 2 aromatic rings. The first-order valence-electron chi connectivity index (χ1n) is 10.3. The number of para-hydroxylation sites is 2. The number of rotatable bonds is 3. The van der Waals surface area contributed by atoms with E-state index in [-0.39, 0.29) is 29.2 Å². The second-order valence-electron chi connectivity index (χ2n) is 7.99. The largest absolute Gasteiger partial charge is 0.437 e. The number of nitrogens with one attached hydrogen (secondary N) is 1. The summed E-state index contributed by atoms with van der Waals surface area (Å²) in [6.45, 7) is 0.720. The zero-order valence-electron chi connectivity index (χ0n) is 16.2. The Bertz CT molecular complexity index is 872. The number of aromatic nitrogens is 2. The Hall–Kier alpha value is -2.38. The highest BCUT2D eigenvalue weighted by Crippen LogP contribution is 2.36. The number of amides is 1. The minimum absolute atomic E-state index is 0.0391. The van der Waals surface area contributed by atoms with Crippen LogP contribution in [0, 0.1) is 5.92 Å². The van der Waals surface area contributed by atoms with E-state index in [1.807, 2.05) is 0 Å². The summed E-state index contributed by atoms with van der Waals surface area (Å²) in [5, 5.41) is 3.14. The molecule has 1 aliphatic heterocycles. The van der Waals surface area contributed by atoms with Crippen LogP contribution in [0.1, 0.15) is 50.6 Å². The van der Waals surface area contributed by atoms with Crippen molar-refractivity contribution >= 4 is 22.8 Å². The molecule has 1 aromatic heterocycles. The van der Waals surface area contributed by atoms with Gasteiger partial charge in [-0.05, 0) is 37.8 Å². The number of hydrogen-bond donors (Lipinski definition) is 1. The quantitative estimate of drug-likeness (QED) is 0.825. The van der Waals surface area contributed by atoms with Crippen LogP contribution in [-0.4, -0.2) is 35.0 Å². The SMILES string of the molecule is O=C(NC1CCCCC1)C1CCN(c2nc3ccccc3nc2C(F)(F)F)CC1. The van der Waals surface area contributed by atoms with Gasteiger partial charge < -0.3 is 10.2 Å². The number of halogens is 3. The van der Waals surface area contributed by atoms with E-state index in [2.05, 4.69) is 15.3 Å². The normalized spacial score (nSPS) is 19.5. The van der Waals surface area contributed by atoms with Gasteiger partial charge in [0.1, 0.15) is 0 Å². The lowest BCUT2D eigenvalue weighted by atomic mass is 9.92.